The minimum Gasteiger partial charge on any atom is -0.103 e. The maximum atomic E-state index is 3.72. The molecule has 0 amide bonds. The van der Waals surface area contributed by atoms with Crippen LogP contribution in [0.15, 0.2) is 49.6 Å². The number of allylic oxidation sites excluding steroid dienone is 2. The average Bonchev–Trinajstić information content (AvgIpc) is 2.37. The lowest BCUT2D eigenvalue weighted by molar-refractivity contribution is 0.979. The minimum atomic E-state index is 1.06. The van der Waals surface area contributed by atoms with Crippen LogP contribution >= 0.6 is 0 Å². The molecule has 0 aliphatic carbocycles. The van der Waals surface area contributed by atoms with Gasteiger partial charge in [0.15, 0.2) is 0 Å². The monoisotopic (exact) mass is 216 g/mol. The predicted octanol–water partition coefficient (Wildman–Crippen LogP) is 4.95. The zero-order valence-electron chi connectivity index (χ0n) is 10.7. The number of aryl methyl sites for hydroxylation is 2. The van der Waals surface area contributed by atoms with E-state index in [1.54, 1.807) is 0 Å². The molecular weight excluding hydrogens is 192 g/mol. The Morgan fingerprint density at radius 3 is 1.38 bits per heavy atom. The lowest BCUT2D eigenvalue weighted by Gasteiger charge is -2.01. The first-order valence-corrected chi connectivity index (χ1v) is 6.16. The van der Waals surface area contributed by atoms with Gasteiger partial charge in [0.1, 0.15) is 0 Å². The van der Waals surface area contributed by atoms with Crippen LogP contribution in [0.3, 0.4) is 0 Å². The first-order chi connectivity index (χ1) is 7.86. The third kappa shape index (κ3) is 6.23. The Bertz CT molecular complexity index is 248. The van der Waals surface area contributed by atoms with Crippen molar-refractivity contribution in [2.24, 2.45) is 0 Å². The molecule has 0 fully saturated rings. The van der Waals surface area contributed by atoms with Crippen LogP contribution in [0.1, 0.15) is 37.8 Å². The lowest BCUT2D eigenvalue weighted by Crippen LogP contribution is -1.86. The van der Waals surface area contributed by atoms with Gasteiger partial charge in [-0.2, -0.15) is 0 Å². The average molecular weight is 216 g/mol. The molecule has 0 aliphatic rings. The molecule has 0 heterocycles. The topological polar surface area (TPSA) is 0 Å². The summed E-state index contributed by atoms with van der Waals surface area (Å²) in [5.41, 5.74) is 2.79. The van der Waals surface area contributed by atoms with E-state index in [2.05, 4.69) is 37.4 Å². The first kappa shape index (κ1) is 14.7. The Morgan fingerprint density at radius 1 is 0.812 bits per heavy atom. The highest BCUT2D eigenvalue weighted by molar-refractivity contribution is 5.23. The Kier molecular flexibility index (Phi) is 9.39. The normalized spacial score (nSPS) is 8.88. The van der Waals surface area contributed by atoms with Crippen molar-refractivity contribution in [3.05, 3.63) is 60.7 Å². The van der Waals surface area contributed by atoms with E-state index in [9.17, 15) is 0 Å². The number of rotatable bonds is 6. The van der Waals surface area contributed by atoms with Gasteiger partial charge in [-0.25, -0.2) is 0 Å². The van der Waals surface area contributed by atoms with Crippen molar-refractivity contribution in [3.63, 3.8) is 0 Å². The number of benzene rings is 1. The van der Waals surface area contributed by atoms with E-state index < -0.39 is 0 Å². The van der Waals surface area contributed by atoms with Crippen molar-refractivity contribution < 1.29 is 0 Å². The summed E-state index contributed by atoms with van der Waals surface area (Å²) in [7, 11) is 0. The molecule has 0 atom stereocenters. The second kappa shape index (κ2) is 10.2. The quantitative estimate of drug-likeness (QED) is 0.590. The SMILES string of the molecule is C=CCCc1ccc(CCC=C)cc1.CC. The zero-order chi connectivity index (χ0) is 12.2. The smallest absolute Gasteiger partial charge is 0.0244 e. The van der Waals surface area contributed by atoms with Gasteiger partial charge < -0.3 is 0 Å². The number of hydrogen-bond acceptors (Lipinski definition) is 0. The minimum absolute atomic E-state index is 1.06. The van der Waals surface area contributed by atoms with Gasteiger partial charge in [0, 0.05) is 0 Å². The van der Waals surface area contributed by atoms with Crippen molar-refractivity contribution >= 4 is 0 Å². The van der Waals surface area contributed by atoms with E-state index in [0.717, 1.165) is 25.7 Å². The summed E-state index contributed by atoms with van der Waals surface area (Å²) < 4.78 is 0. The van der Waals surface area contributed by atoms with Crippen LogP contribution in [-0.4, -0.2) is 0 Å². The van der Waals surface area contributed by atoms with E-state index >= 15 is 0 Å². The molecule has 0 radical (unpaired) electrons. The van der Waals surface area contributed by atoms with Gasteiger partial charge in [-0.1, -0.05) is 50.3 Å². The van der Waals surface area contributed by atoms with E-state index in [4.69, 9.17) is 0 Å². The maximum absolute atomic E-state index is 3.72. The van der Waals surface area contributed by atoms with E-state index in [0.29, 0.717) is 0 Å². The fraction of sp³-hybridized carbons (Fsp3) is 0.375. The second-order valence-corrected chi connectivity index (χ2v) is 3.47. The summed E-state index contributed by atoms with van der Waals surface area (Å²) in [5, 5.41) is 0. The summed E-state index contributed by atoms with van der Waals surface area (Å²) in [6.07, 6.45) is 8.26. The van der Waals surface area contributed by atoms with Crippen LogP contribution in [0.4, 0.5) is 0 Å². The molecule has 1 aromatic rings. The summed E-state index contributed by atoms with van der Waals surface area (Å²) in [4.78, 5) is 0. The second-order valence-electron chi connectivity index (χ2n) is 3.47. The molecule has 0 spiro atoms. The highest BCUT2D eigenvalue weighted by atomic mass is 14.0. The maximum Gasteiger partial charge on any atom is -0.0244 e. The predicted molar refractivity (Wildman–Crippen MR) is 74.8 cm³/mol. The van der Waals surface area contributed by atoms with Crippen molar-refractivity contribution in [1.82, 2.24) is 0 Å². The Hall–Kier alpha value is -1.30. The fourth-order valence-electron chi connectivity index (χ4n) is 1.41. The fourth-order valence-corrected chi connectivity index (χ4v) is 1.41. The van der Waals surface area contributed by atoms with Crippen molar-refractivity contribution in [2.45, 2.75) is 39.5 Å². The molecule has 0 unspecified atom stereocenters. The molecule has 0 aliphatic heterocycles. The molecule has 1 rings (SSSR count). The molecule has 0 bridgehead atoms. The van der Waals surface area contributed by atoms with Crippen LogP contribution in [0.5, 0.6) is 0 Å². The summed E-state index contributed by atoms with van der Waals surface area (Å²) in [6, 6.07) is 8.84. The van der Waals surface area contributed by atoms with Gasteiger partial charge in [-0.05, 0) is 36.8 Å². The molecule has 0 aromatic heterocycles. The summed E-state index contributed by atoms with van der Waals surface area (Å²) >= 11 is 0. The number of hydrogen-bond donors (Lipinski definition) is 0. The van der Waals surface area contributed by atoms with Crippen molar-refractivity contribution in [3.8, 4) is 0 Å². The lowest BCUT2D eigenvalue weighted by atomic mass is 10.0. The largest absolute Gasteiger partial charge is 0.103 e. The summed E-state index contributed by atoms with van der Waals surface area (Å²) in [5.74, 6) is 0. The van der Waals surface area contributed by atoms with E-state index in [-0.39, 0.29) is 0 Å². The molecule has 88 valence electrons. The van der Waals surface area contributed by atoms with Crippen LogP contribution < -0.4 is 0 Å². The first-order valence-electron chi connectivity index (χ1n) is 6.16. The molecule has 16 heavy (non-hydrogen) atoms. The van der Waals surface area contributed by atoms with Gasteiger partial charge in [-0.3, -0.25) is 0 Å². The summed E-state index contributed by atoms with van der Waals surface area (Å²) in [6.45, 7) is 11.4. The van der Waals surface area contributed by atoms with Gasteiger partial charge in [0.2, 0.25) is 0 Å². The molecule has 0 N–H and O–H groups in total. The molecule has 0 saturated heterocycles. The van der Waals surface area contributed by atoms with Crippen LogP contribution in [0.25, 0.3) is 0 Å². The molecule has 0 saturated carbocycles. The van der Waals surface area contributed by atoms with Gasteiger partial charge in [-0.15, -0.1) is 13.2 Å². The standard InChI is InChI=1S/C14H18.C2H6/c1-3-5-7-13-9-11-14(12-10-13)8-6-4-2;1-2/h3-4,9-12H,1-2,5-8H2;1-2H3. The third-order valence-electron chi connectivity index (χ3n) is 2.30. The van der Waals surface area contributed by atoms with Crippen LogP contribution in [-0.2, 0) is 12.8 Å². The van der Waals surface area contributed by atoms with Crippen molar-refractivity contribution in [2.75, 3.05) is 0 Å². The third-order valence-corrected chi connectivity index (χ3v) is 2.30. The van der Waals surface area contributed by atoms with Gasteiger partial charge in [0.25, 0.3) is 0 Å². The van der Waals surface area contributed by atoms with Gasteiger partial charge in [0.05, 0.1) is 0 Å². The Balaban J connectivity index is 0.00000106. The van der Waals surface area contributed by atoms with Crippen molar-refractivity contribution in [1.29, 1.82) is 0 Å². The van der Waals surface area contributed by atoms with Gasteiger partial charge >= 0.3 is 0 Å². The van der Waals surface area contributed by atoms with Crippen LogP contribution in [0.2, 0.25) is 0 Å². The molecule has 0 nitrogen and oxygen atoms in total. The Labute approximate surface area is 101 Å². The van der Waals surface area contributed by atoms with E-state index in [1.165, 1.54) is 11.1 Å². The highest BCUT2D eigenvalue weighted by Crippen LogP contribution is 2.08. The molecule has 0 heteroatoms. The Morgan fingerprint density at radius 2 is 1.12 bits per heavy atom. The molecule has 1 aromatic carbocycles. The van der Waals surface area contributed by atoms with E-state index in [1.807, 2.05) is 26.0 Å². The van der Waals surface area contributed by atoms with Crippen LogP contribution in [0, 0.1) is 0 Å². The highest BCUT2D eigenvalue weighted by Gasteiger charge is 1.93. The molecular formula is C16H24. The zero-order valence-corrected chi connectivity index (χ0v) is 10.7.